The number of benzene rings is 4. The number of amides is 1. The van der Waals surface area contributed by atoms with Crippen LogP contribution in [0.1, 0.15) is 46.4 Å². The Labute approximate surface area is 308 Å². The van der Waals surface area contributed by atoms with Gasteiger partial charge in [0.15, 0.2) is 17.4 Å². The number of fused-ring (bicyclic) bond motifs is 2. The average Bonchev–Trinajstić information content (AvgIpc) is 3.14. The molecule has 0 unspecified atom stereocenters. The summed E-state index contributed by atoms with van der Waals surface area (Å²) in [6.07, 6.45) is 3.55. The number of halogens is 3. The lowest BCUT2D eigenvalue weighted by molar-refractivity contribution is -0.384. The van der Waals surface area contributed by atoms with Crippen molar-refractivity contribution in [3.8, 4) is 28.2 Å². The van der Waals surface area contributed by atoms with Gasteiger partial charge in [-0.15, -0.1) is 0 Å². The van der Waals surface area contributed by atoms with Gasteiger partial charge in [-0.2, -0.15) is 4.98 Å². The molecule has 2 aliphatic rings. The molecule has 0 radical (unpaired) electrons. The molecule has 6 rings (SSSR count). The van der Waals surface area contributed by atoms with Crippen molar-refractivity contribution in [1.82, 2.24) is 15.3 Å². The number of aromatic hydroxyl groups is 1. The quantitative estimate of drug-likeness (QED) is 0.0313. The number of carbonyl (C=O) groups excluding carboxylic acids is 1. The maximum Gasteiger partial charge on any atom is 0.335 e. The summed E-state index contributed by atoms with van der Waals surface area (Å²) in [6, 6.07) is 14.2. The van der Waals surface area contributed by atoms with E-state index in [1.165, 1.54) is 12.1 Å². The van der Waals surface area contributed by atoms with Gasteiger partial charge < -0.3 is 30.6 Å². The van der Waals surface area contributed by atoms with Crippen LogP contribution >= 0.6 is 11.6 Å². The second-order valence-electron chi connectivity index (χ2n) is 12.0. The molecule has 5 N–H and O–H groups in total. The molecular weight excluding hydrogens is 730 g/mol. The number of phenolic OH excluding ortho intramolecular Hbond substituents is 1. The number of phenols is 1. The summed E-state index contributed by atoms with van der Waals surface area (Å²) in [6.45, 7) is 0.538. The molecule has 1 aliphatic heterocycles. The molecule has 2 heterocycles. The Bertz CT molecular complexity index is 2440. The van der Waals surface area contributed by atoms with Gasteiger partial charge in [0.05, 0.1) is 10.5 Å². The third-order valence-electron chi connectivity index (χ3n) is 8.37. The summed E-state index contributed by atoms with van der Waals surface area (Å²) in [4.78, 5) is 56.8. The van der Waals surface area contributed by atoms with E-state index in [0.717, 1.165) is 36.5 Å². The summed E-state index contributed by atoms with van der Waals surface area (Å²) in [5, 5.41) is 40.5. The maximum atomic E-state index is 14.7. The predicted octanol–water partition coefficient (Wildman–Crippen LogP) is 7.74. The van der Waals surface area contributed by atoms with Gasteiger partial charge in [0, 0.05) is 58.0 Å². The fraction of sp³-hybridized carbons (Fsp3) is 0.162. The van der Waals surface area contributed by atoms with Crippen LogP contribution in [0.25, 0.3) is 33.4 Å². The Hall–Kier alpha value is -6.68. The fourth-order valence-electron chi connectivity index (χ4n) is 5.74. The van der Waals surface area contributed by atoms with E-state index in [2.05, 4.69) is 25.9 Å². The van der Waals surface area contributed by atoms with Gasteiger partial charge >= 0.3 is 11.7 Å². The topological polar surface area (TPSA) is 210 Å². The number of aromatic carboxylic acids is 1. The normalized spacial score (nSPS) is 11.1. The summed E-state index contributed by atoms with van der Waals surface area (Å²) < 4.78 is 35.0. The highest BCUT2D eigenvalue weighted by molar-refractivity contribution is 6.30. The Kier molecular flexibility index (Phi) is 10.9. The van der Waals surface area contributed by atoms with Crippen molar-refractivity contribution >= 4 is 57.6 Å². The van der Waals surface area contributed by atoms with E-state index in [0.29, 0.717) is 42.9 Å². The Morgan fingerprint density at radius 1 is 0.926 bits per heavy atom. The van der Waals surface area contributed by atoms with Gasteiger partial charge in [-0.25, -0.2) is 18.6 Å². The SMILES string of the molecule is O=C(O)c1ccc(-c2c3cc(F)c(=O)cc-3oc3cc(O)c(F)cc23)c(C(=O)NCCCCCCNc2nc(Nc3ccc(Cl)cc3)ncc2[N+](=O)[O-])c1. The van der Waals surface area contributed by atoms with E-state index in [1.807, 2.05) is 0 Å². The van der Waals surface area contributed by atoms with Crippen LogP contribution in [0, 0.1) is 21.7 Å². The van der Waals surface area contributed by atoms with Gasteiger partial charge in [0.25, 0.3) is 5.91 Å². The lowest BCUT2D eigenvalue weighted by Gasteiger charge is -2.18. The molecule has 0 atom stereocenters. The van der Waals surface area contributed by atoms with Crippen molar-refractivity contribution in [1.29, 1.82) is 0 Å². The van der Waals surface area contributed by atoms with Crippen LogP contribution in [0.3, 0.4) is 0 Å². The molecule has 1 amide bonds. The van der Waals surface area contributed by atoms with E-state index >= 15 is 0 Å². The third kappa shape index (κ3) is 8.18. The van der Waals surface area contributed by atoms with Crippen molar-refractivity contribution in [3.05, 3.63) is 121 Å². The fourth-order valence-corrected chi connectivity index (χ4v) is 5.87. The molecule has 4 aromatic rings. The minimum atomic E-state index is -1.32. The summed E-state index contributed by atoms with van der Waals surface area (Å²) in [5.74, 6) is -4.82. The number of nitro groups is 1. The third-order valence-corrected chi connectivity index (χ3v) is 8.62. The van der Waals surface area contributed by atoms with Crippen LogP contribution in [0.5, 0.6) is 5.75 Å². The Morgan fingerprint density at radius 3 is 2.39 bits per heavy atom. The number of nitrogens with one attached hydrogen (secondary N) is 3. The van der Waals surface area contributed by atoms with Gasteiger partial charge in [0.1, 0.15) is 17.5 Å². The van der Waals surface area contributed by atoms with E-state index in [4.69, 9.17) is 16.0 Å². The molecule has 14 nitrogen and oxygen atoms in total. The minimum absolute atomic E-state index is 0.0109. The lowest BCUT2D eigenvalue weighted by Crippen LogP contribution is -2.25. The number of anilines is 3. The van der Waals surface area contributed by atoms with Gasteiger partial charge in [0.2, 0.25) is 17.2 Å². The number of aromatic nitrogens is 2. The molecule has 17 heteroatoms. The molecule has 0 saturated carbocycles. The molecule has 0 spiro atoms. The summed E-state index contributed by atoms with van der Waals surface area (Å²) >= 11 is 5.92. The van der Waals surface area contributed by atoms with Crippen LogP contribution < -0.4 is 21.4 Å². The number of nitrogens with zero attached hydrogens (tertiary/aromatic N) is 3. The number of hydrogen-bond donors (Lipinski definition) is 5. The van der Waals surface area contributed by atoms with E-state index < -0.39 is 39.6 Å². The molecule has 0 saturated heterocycles. The van der Waals surface area contributed by atoms with Gasteiger partial charge in [-0.1, -0.05) is 30.5 Å². The highest BCUT2D eigenvalue weighted by Gasteiger charge is 2.25. The molecule has 1 aromatic heterocycles. The highest BCUT2D eigenvalue weighted by atomic mass is 35.5. The van der Waals surface area contributed by atoms with E-state index in [1.54, 1.807) is 24.3 Å². The number of carbonyl (C=O) groups is 2. The maximum absolute atomic E-state index is 14.7. The second-order valence-corrected chi connectivity index (χ2v) is 12.5. The van der Waals surface area contributed by atoms with Crippen LogP contribution in [0.2, 0.25) is 5.02 Å². The Balaban J connectivity index is 1.12. The zero-order valence-corrected chi connectivity index (χ0v) is 28.7. The van der Waals surface area contributed by atoms with Crippen LogP contribution in [0.15, 0.2) is 82.1 Å². The monoisotopic (exact) mass is 758 g/mol. The number of carboxylic acid groups (broad SMARTS) is 1. The molecule has 0 bridgehead atoms. The predicted molar refractivity (Wildman–Crippen MR) is 196 cm³/mol. The minimum Gasteiger partial charge on any atom is -0.505 e. The molecule has 276 valence electrons. The summed E-state index contributed by atoms with van der Waals surface area (Å²) in [7, 11) is 0. The zero-order valence-electron chi connectivity index (χ0n) is 28.0. The first-order chi connectivity index (χ1) is 25.9. The largest absolute Gasteiger partial charge is 0.505 e. The molecule has 0 fully saturated rings. The first-order valence-corrected chi connectivity index (χ1v) is 16.8. The molecule has 3 aromatic carbocycles. The van der Waals surface area contributed by atoms with Crippen molar-refractivity contribution in [3.63, 3.8) is 0 Å². The Morgan fingerprint density at radius 2 is 1.67 bits per heavy atom. The van der Waals surface area contributed by atoms with Crippen molar-refractivity contribution in [2.24, 2.45) is 0 Å². The van der Waals surface area contributed by atoms with Gasteiger partial charge in [-0.05, 0) is 66.9 Å². The van der Waals surface area contributed by atoms with Crippen LogP contribution in [0.4, 0.5) is 31.9 Å². The zero-order chi connectivity index (χ0) is 38.5. The molecule has 1 aliphatic carbocycles. The first kappa shape index (κ1) is 37.1. The standard InChI is InChI=1S/C37H29ClF2N6O8/c38-20-6-8-21(9-7-20)44-37-43-18-28(46(52)53)34(45-37)41-11-3-1-2-4-12-42-35(49)23-13-19(36(50)51)5-10-22(23)33-24-14-26(39)29(47)16-31(24)54-32-17-30(48)27(40)15-25(32)33/h5-10,13-18,47H,1-4,11-12H2,(H,42,49)(H,50,51)(H2,41,43,44,45). The number of carboxylic acids is 1. The van der Waals surface area contributed by atoms with Crippen molar-refractivity contribution in [2.75, 3.05) is 23.7 Å². The first-order valence-electron chi connectivity index (χ1n) is 16.4. The van der Waals surface area contributed by atoms with Crippen LogP contribution in [-0.4, -0.2) is 50.1 Å². The number of rotatable bonds is 14. The average molecular weight is 759 g/mol. The number of hydrogen-bond acceptors (Lipinski definition) is 11. The van der Waals surface area contributed by atoms with Gasteiger partial charge in [-0.3, -0.25) is 19.7 Å². The molecular formula is C37H29ClF2N6O8. The highest BCUT2D eigenvalue weighted by Crippen LogP contribution is 2.43. The van der Waals surface area contributed by atoms with Crippen LogP contribution in [-0.2, 0) is 0 Å². The lowest BCUT2D eigenvalue weighted by atomic mass is 9.89. The van der Waals surface area contributed by atoms with Crippen molar-refractivity contribution in [2.45, 2.75) is 25.7 Å². The van der Waals surface area contributed by atoms with Crippen molar-refractivity contribution < 1.29 is 37.9 Å². The number of unbranched alkanes of at least 4 members (excludes halogenated alkanes) is 3. The summed E-state index contributed by atoms with van der Waals surface area (Å²) in [5.41, 5.74) is -0.861. The smallest absolute Gasteiger partial charge is 0.335 e. The van der Waals surface area contributed by atoms with E-state index in [9.17, 15) is 43.5 Å². The molecule has 54 heavy (non-hydrogen) atoms. The second kappa shape index (κ2) is 15.9. The van der Waals surface area contributed by atoms with E-state index in [-0.39, 0.29) is 68.5 Å².